The van der Waals surface area contributed by atoms with Gasteiger partial charge < -0.3 is 14.8 Å². The lowest BCUT2D eigenvalue weighted by Gasteiger charge is -2.26. The summed E-state index contributed by atoms with van der Waals surface area (Å²) in [7, 11) is -1.24. The van der Waals surface area contributed by atoms with Crippen LogP contribution in [-0.2, 0) is 14.8 Å². The molecule has 10 heteroatoms. The van der Waals surface area contributed by atoms with Crippen molar-refractivity contribution in [2.24, 2.45) is 0 Å². The topological polar surface area (TPSA) is 84.9 Å². The van der Waals surface area contributed by atoms with Crippen molar-refractivity contribution in [2.75, 3.05) is 30.4 Å². The van der Waals surface area contributed by atoms with Gasteiger partial charge in [0, 0.05) is 11.1 Å². The maximum absolute atomic E-state index is 13.5. The van der Waals surface area contributed by atoms with Crippen LogP contribution in [0.4, 0.5) is 11.4 Å². The molecule has 168 valence electrons. The number of nitrogens with zero attached hydrogens (tertiary/aromatic N) is 1. The van der Waals surface area contributed by atoms with Crippen LogP contribution in [0.25, 0.3) is 0 Å². The van der Waals surface area contributed by atoms with Gasteiger partial charge in [0.05, 0.1) is 35.5 Å². The van der Waals surface area contributed by atoms with Crippen LogP contribution in [0.2, 0.25) is 10.0 Å². The molecule has 0 bridgehead atoms. The van der Waals surface area contributed by atoms with E-state index in [0.717, 1.165) is 4.31 Å². The smallest absolute Gasteiger partial charge is 0.264 e. The largest absolute Gasteiger partial charge is 0.497 e. The Morgan fingerprint density at radius 2 is 1.69 bits per heavy atom. The predicted octanol–water partition coefficient (Wildman–Crippen LogP) is 4.84. The highest BCUT2D eigenvalue weighted by atomic mass is 35.5. The Bertz CT molecular complexity index is 1220. The first kappa shape index (κ1) is 23.7. The lowest BCUT2D eigenvalue weighted by atomic mass is 10.2. The Labute approximate surface area is 196 Å². The molecule has 0 saturated heterocycles. The van der Waals surface area contributed by atoms with E-state index >= 15 is 0 Å². The number of methoxy groups -OCH3 is 2. The van der Waals surface area contributed by atoms with Gasteiger partial charge in [-0.3, -0.25) is 9.10 Å². The van der Waals surface area contributed by atoms with E-state index in [9.17, 15) is 13.2 Å². The van der Waals surface area contributed by atoms with Crippen molar-refractivity contribution in [1.29, 1.82) is 0 Å². The summed E-state index contributed by atoms with van der Waals surface area (Å²) in [6.07, 6.45) is 0. The number of amides is 1. The summed E-state index contributed by atoms with van der Waals surface area (Å²) in [6, 6.07) is 17.0. The van der Waals surface area contributed by atoms with E-state index in [2.05, 4.69) is 5.32 Å². The average molecular weight is 495 g/mol. The molecule has 0 fully saturated rings. The van der Waals surface area contributed by atoms with Crippen molar-refractivity contribution >= 4 is 50.5 Å². The van der Waals surface area contributed by atoms with Crippen LogP contribution >= 0.6 is 23.2 Å². The Kier molecular flexibility index (Phi) is 7.50. The number of anilines is 2. The molecular formula is C22H20Cl2N2O5S. The summed E-state index contributed by atoms with van der Waals surface area (Å²) in [6.45, 7) is -0.539. The second kappa shape index (κ2) is 10.1. The van der Waals surface area contributed by atoms with Gasteiger partial charge in [0.2, 0.25) is 5.91 Å². The fourth-order valence-electron chi connectivity index (χ4n) is 2.92. The maximum Gasteiger partial charge on any atom is 0.264 e. The van der Waals surface area contributed by atoms with Crippen LogP contribution in [0, 0.1) is 0 Å². The highest BCUT2D eigenvalue weighted by molar-refractivity contribution is 7.92. The SMILES string of the molecule is COc1ccc(N(CC(=O)Nc2cc(Cl)ccc2Cl)S(=O)(=O)c2ccccc2)c(OC)c1. The first-order valence-electron chi connectivity index (χ1n) is 9.31. The van der Waals surface area contributed by atoms with Crippen LogP contribution in [0.1, 0.15) is 0 Å². The highest BCUT2D eigenvalue weighted by Gasteiger charge is 2.29. The molecule has 0 aliphatic carbocycles. The van der Waals surface area contributed by atoms with Crippen molar-refractivity contribution in [3.8, 4) is 11.5 Å². The van der Waals surface area contributed by atoms with E-state index < -0.39 is 22.5 Å². The van der Waals surface area contributed by atoms with Gasteiger partial charge in [-0.05, 0) is 42.5 Å². The molecule has 1 N–H and O–H groups in total. The van der Waals surface area contributed by atoms with E-state index in [0.29, 0.717) is 10.8 Å². The van der Waals surface area contributed by atoms with Gasteiger partial charge in [-0.15, -0.1) is 0 Å². The lowest BCUT2D eigenvalue weighted by Crippen LogP contribution is -2.38. The number of sulfonamides is 1. The normalized spacial score (nSPS) is 11.0. The van der Waals surface area contributed by atoms with Gasteiger partial charge in [0.15, 0.2) is 0 Å². The van der Waals surface area contributed by atoms with Gasteiger partial charge >= 0.3 is 0 Å². The fourth-order valence-corrected chi connectivity index (χ4v) is 4.71. The molecule has 0 unspecified atom stereocenters. The Morgan fingerprint density at radius 3 is 2.34 bits per heavy atom. The number of nitrogens with one attached hydrogen (secondary N) is 1. The monoisotopic (exact) mass is 494 g/mol. The van der Waals surface area contributed by atoms with E-state index in [1.54, 1.807) is 30.3 Å². The zero-order chi connectivity index (χ0) is 23.3. The third-order valence-electron chi connectivity index (χ3n) is 4.48. The number of benzene rings is 3. The van der Waals surface area contributed by atoms with Gasteiger partial charge in [0.1, 0.15) is 18.0 Å². The molecule has 7 nitrogen and oxygen atoms in total. The molecule has 0 radical (unpaired) electrons. The first-order chi connectivity index (χ1) is 15.3. The van der Waals surface area contributed by atoms with Crippen LogP contribution in [0.5, 0.6) is 11.5 Å². The number of ether oxygens (including phenoxy) is 2. The van der Waals surface area contributed by atoms with Crippen LogP contribution < -0.4 is 19.1 Å². The number of rotatable bonds is 8. The number of halogens is 2. The zero-order valence-corrected chi connectivity index (χ0v) is 19.5. The minimum atomic E-state index is -4.12. The van der Waals surface area contributed by atoms with E-state index in [1.165, 1.54) is 50.6 Å². The van der Waals surface area contributed by atoms with Gasteiger partial charge in [-0.25, -0.2) is 8.42 Å². The minimum absolute atomic E-state index is 0.0199. The molecule has 0 saturated carbocycles. The van der Waals surface area contributed by atoms with Gasteiger partial charge in [0.25, 0.3) is 10.0 Å². The van der Waals surface area contributed by atoms with Crippen molar-refractivity contribution in [3.05, 3.63) is 76.8 Å². The third-order valence-corrected chi connectivity index (χ3v) is 6.82. The van der Waals surface area contributed by atoms with Crippen molar-refractivity contribution in [3.63, 3.8) is 0 Å². The molecule has 0 atom stereocenters. The molecule has 0 aliphatic rings. The molecule has 3 aromatic carbocycles. The summed E-state index contributed by atoms with van der Waals surface area (Å²) in [4.78, 5) is 12.9. The summed E-state index contributed by atoms with van der Waals surface area (Å²) in [5.41, 5.74) is 0.437. The van der Waals surface area contributed by atoms with E-state index in [-0.39, 0.29) is 27.0 Å². The summed E-state index contributed by atoms with van der Waals surface area (Å²) >= 11 is 12.1. The second-order valence-corrected chi connectivity index (χ2v) is 9.24. The molecule has 1 amide bonds. The highest BCUT2D eigenvalue weighted by Crippen LogP contribution is 2.35. The molecular weight excluding hydrogens is 475 g/mol. The lowest BCUT2D eigenvalue weighted by molar-refractivity contribution is -0.114. The van der Waals surface area contributed by atoms with Crippen molar-refractivity contribution < 1.29 is 22.7 Å². The fraction of sp³-hybridized carbons (Fsp3) is 0.136. The first-order valence-corrected chi connectivity index (χ1v) is 11.5. The van der Waals surface area contributed by atoms with E-state index in [1.807, 2.05) is 0 Å². The molecule has 0 spiro atoms. The quantitative estimate of drug-likeness (QED) is 0.483. The van der Waals surface area contributed by atoms with Crippen molar-refractivity contribution in [1.82, 2.24) is 0 Å². The van der Waals surface area contributed by atoms with Gasteiger partial charge in [-0.2, -0.15) is 0 Å². The molecule has 0 aromatic heterocycles. The minimum Gasteiger partial charge on any atom is -0.497 e. The molecule has 32 heavy (non-hydrogen) atoms. The van der Waals surface area contributed by atoms with Crippen LogP contribution in [0.3, 0.4) is 0 Å². The average Bonchev–Trinajstić information content (AvgIpc) is 2.80. The molecule has 0 heterocycles. The summed E-state index contributed by atoms with van der Waals surface area (Å²) < 4.78 is 38.5. The standard InChI is InChI=1S/C22H20Cl2N2O5S/c1-30-16-9-11-20(21(13-16)31-2)26(32(28,29)17-6-4-3-5-7-17)14-22(27)25-19-12-15(23)8-10-18(19)24/h3-13H,14H2,1-2H3,(H,25,27). The summed E-state index contributed by atoms with van der Waals surface area (Å²) in [5, 5.41) is 3.24. The second-order valence-electron chi connectivity index (χ2n) is 6.53. The van der Waals surface area contributed by atoms with Crippen molar-refractivity contribution in [2.45, 2.75) is 4.90 Å². The van der Waals surface area contributed by atoms with Crippen LogP contribution in [0.15, 0.2) is 71.6 Å². The maximum atomic E-state index is 13.5. The number of carbonyl (C=O) groups is 1. The Morgan fingerprint density at radius 1 is 0.969 bits per heavy atom. The Balaban J connectivity index is 2.03. The van der Waals surface area contributed by atoms with Gasteiger partial charge in [-0.1, -0.05) is 41.4 Å². The molecule has 3 aromatic rings. The third kappa shape index (κ3) is 5.27. The molecule has 0 aliphatic heterocycles. The Hall–Kier alpha value is -2.94. The van der Waals surface area contributed by atoms with E-state index in [4.69, 9.17) is 32.7 Å². The zero-order valence-electron chi connectivity index (χ0n) is 17.2. The van der Waals surface area contributed by atoms with Crippen LogP contribution in [-0.4, -0.2) is 35.1 Å². The number of carbonyl (C=O) groups excluding carboxylic acids is 1. The number of hydrogen-bond donors (Lipinski definition) is 1. The number of hydrogen-bond acceptors (Lipinski definition) is 5. The molecule has 3 rings (SSSR count). The predicted molar refractivity (Wildman–Crippen MR) is 126 cm³/mol. The summed E-state index contributed by atoms with van der Waals surface area (Å²) in [5.74, 6) is 0.0711.